The number of fused-ring (bicyclic) bond motifs is 1. The topological polar surface area (TPSA) is 105 Å². The molecule has 0 radical (unpaired) electrons. The molecule has 1 atom stereocenters. The van der Waals surface area contributed by atoms with Crippen LogP contribution in [0.15, 0.2) is 22.8 Å². The summed E-state index contributed by atoms with van der Waals surface area (Å²) < 4.78 is 21.9. The van der Waals surface area contributed by atoms with Crippen LogP contribution in [0.2, 0.25) is 5.28 Å². The van der Waals surface area contributed by atoms with Gasteiger partial charge in [-0.3, -0.25) is 0 Å². The van der Waals surface area contributed by atoms with Crippen molar-refractivity contribution in [1.29, 1.82) is 0 Å². The zero-order valence-corrected chi connectivity index (χ0v) is 14.8. The second kappa shape index (κ2) is 7.20. The van der Waals surface area contributed by atoms with Gasteiger partial charge in [0.15, 0.2) is 5.82 Å². The van der Waals surface area contributed by atoms with E-state index in [4.69, 9.17) is 21.1 Å². The average molecular weight is 382 g/mol. The summed E-state index contributed by atoms with van der Waals surface area (Å²) in [6.07, 6.45) is 0.526. The van der Waals surface area contributed by atoms with Crippen molar-refractivity contribution < 1.29 is 18.7 Å². The van der Waals surface area contributed by atoms with Gasteiger partial charge in [-0.2, -0.15) is 9.97 Å². The number of nitrogens with zero attached hydrogens (tertiary/aromatic N) is 3. The van der Waals surface area contributed by atoms with Crippen molar-refractivity contribution in [3.05, 3.63) is 41.0 Å². The zero-order valence-electron chi connectivity index (χ0n) is 14.1. The number of halogens is 2. The van der Waals surface area contributed by atoms with Gasteiger partial charge in [-0.1, -0.05) is 0 Å². The lowest BCUT2D eigenvalue weighted by molar-refractivity contribution is 0.190. The standard InChI is InChI=1S/C16H17ClFN5O3/c1-8(20-16(24)25)6-10-12(18)11-13(19-7-9-4-3-5-26-9)21-15(17)22-14(11)23(10)2/h3-5,8,20H,6-7H2,1-2H3,(H,24,25)(H,19,21,22). The molecule has 0 aliphatic carbocycles. The Bertz CT molecular complexity index is 941. The van der Waals surface area contributed by atoms with Crippen LogP contribution in [-0.4, -0.2) is 31.8 Å². The summed E-state index contributed by atoms with van der Waals surface area (Å²) in [6.45, 7) is 1.95. The molecule has 1 unspecified atom stereocenters. The van der Waals surface area contributed by atoms with Gasteiger partial charge in [0.2, 0.25) is 5.28 Å². The Morgan fingerprint density at radius 3 is 2.92 bits per heavy atom. The van der Waals surface area contributed by atoms with Gasteiger partial charge < -0.3 is 24.7 Å². The lowest BCUT2D eigenvalue weighted by atomic mass is 10.1. The number of aryl methyl sites for hydroxylation is 1. The van der Waals surface area contributed by atoms with Crippen molar-refractivity contribution in [3.8, 4) is 0 Å². The minimum Gasteiger partial charge on any atom is -0.467 e. The summed E-state index contributed by atoms with van der Waals surface area (Å²) in [5.41, 5.74) is 0.626. The van der Waals surface area contributed by atoms with Gasteiger partial charge >= 0.3 is 6.09 Å². The minimum absolute atomic E-state index is 0.0247. The number of furan rings is 1. The highest BCUT2D eigenvalue weighted by Gasteiger charge is 2.23. The van der Waals surface area contributed by atoms with Crippen LogP contribution >= 0.6 is 11.6 Å². The number of aromatic nitrogens is 3. The van der Waals surface area contributed by atoms with Crippen LogP contribution in [0, 0.1) is 5.82 Å². The maximum atomic E-state index is 15.1. The molecule has 8 nitrogen and oxygen atoms in total. The maximum absolute atomic E-state index is 15.1. The number of carbonyl (C=O) groups is 1. The van der Waals surface area contributed by atoms with Gasteiger partial charge in [0.25, 0.3) is 0 Å². The van der Waals surface area contributed by atoms with Crippen LogP contribution in [-0.2, 0) is 20.0 Å². The number of amides is 1. The molecule has 3 aromatic rings. The molecule has 1 amide bonds. The predicted octanol–water partition coefficient (Wildman–Crippen LogP) is 3.16. The maximum Gasteiger partial charge on any atom is 0.404 e. The van der Waals surface area contributed by atoms with Gasteiger partial charge in [-0.05, 0) is 30.7 Å². The van der Waals surface area contributed by atoms with E-state index in [1.807, 2.05) is 0 Å². The Balaban J connectivity index is 1.98. The first kappa shape index (κ1) is 18.0. The fourth-order valence-corrected chi connectivity index (χ4v) is 2.94. The molecule has 0 aliphatic heterocycles. The van der Waals surface area contributed by atoms with Gasteiger partial charge in [0.1, 0.15) is 17.2 Å². The Hall–Kier alpha value is -2.81. The van der Waals surface area contributed by atoms with E-state index < -0.39 is 18.0 Å². The molecule has 0 aliphatic rings. The molecular formula is C16H17ClFN5O3. The zero-order chi connectivity index (χ0) is 18.8. The number of hydrogen-bond acceptors (Lipinski definition) is 5. The number of nitrogens with one attached hydrogen (secondary N) is 2. The molecule has 0 aromatic carbocycles. The minimum atomic E-state index is -1.17. The van der Waals surface area contributed by atoms with Crippen LogP contribution < -0.4 is 10.6 Å². The third-order valence-electron chi connectivity index (χ3n) is 3.94. The number of hydrogen-bond donors (Lipinski definition) is 3. The fourth-order valence-electron chi connectivity index (χ4n) is 2.78. The summed E-state index contributed by atoms with van der Waals surface area (Å²) in [5, 5.41) is 14.3. The molecule has 3 aromatic heterocycles. The molecule has 0 saturated heterocycles. The van der Waals surface area contributed by atoms with Crippen molar-refractivity contribution in [2.24, 2.45) is 7.05 Å². The summed E-state index contributed by atoms with van der Waals surface area (Å²) >= 11 is 5.98. The fraction of sp³-hybridized carbons (Fsp3) is 0.312. The highest BCUT2D eigenvalue weighted by molar-refractivity contribution is 6.28. The molecular weight excluding hydrogens is 365 g/mol. The van der Waals surface area contributed by atoms with E-state index in [0.717, 1.165) is 0 Å². The SMILES string of the molecule is CC(Cc1c(F)c2c(NCc3ccco3)nc(Cl)nc2n1C)NC(=O)O. The summed E-state index contributed by atoms with van der Waals surface area (Å²) in [6, 6.07) is 3.05. The van der Waals surface area contributed by atoms with E-state index >= 15 is 4.39 Å². The summed E-state index contributed by atoms with van der Waals surface area (Å²) in [7, 11) is 1.65. The monoisotopic (exact) mass is 381 g/mol. The van der Waals surface area contributed by atoms with E-state index in [1.165, 1.54) is 6.26 Å². The van der Waals surface area contributed by atoms with Crippen LogP contribution in [0.4, 0.5) is 15.0 Å². The second-order valence-electron chi connectivity index (χ2n) is 5.85. The van der Waals surface area contributed by atoms with E-state index in [9.17, 15) is 4.79 Å². The first-order valence-corrected chi connectivity index (χ1v) is 8.20. The van der Waals surface area contributed by atoms with Crippen LogP contribution in [0.1, 0.15) is 18.4 Å². The Kier molecular flexibility index (Phi) is 4.99. The lowest BCUT2D eigenvalue weighted by Gasteiger charge is -2.11. The molecule has 3 N–H and O–H groups in total. The van der Waals surface area contributed by atoms with Gasteiger partial charge in [0, 0.05) is 19.5 Å². The molecule has 26 heavy (non-hydrogen) atoms. The number of anilines is 1. The first-order valence-electron chi connectivity index (χ1n) is 7.82. The van der Waals surface area contributed by atoms with Crippen molar-refractivity contribution in [2.75, 3.05) is 5.32 Å². The van der Waals surface area contributed by atoms with Crippen molar-refractivity contribution >= 4 is 34.5 Å². The smallest absolute Gasteiger partial charge is 0.404 e. The molecule has 3 rings (SSSR count). The molecule has 10 heteroatoms. The number of carboxylic acid groups (broad SMARTS) is 1. The van der Waals surface area contributed by atoms with Crippen LogP contribution in [0.5, 0.6) is 0 Å². The molecule has 0 fully saturated rings. The van der Waals surface area contributed by atoms with Gasteiger partial charge in [-0.25, -0.2) is 9.18 Å². The Morgan fingerprint density at radius 1 is 1.50 bits per heavy atom. The third kappa shape index (κ3) is 3.57. The van der Waals surface area contributed by atoms with E-state index in [1.54, 1.807) is 30.7 Å². The molecule has 0 saturated carbocycles. The molecule has 138 valence electrons. The Morgan fingerprint density at radius 2 is 2.27 bits per heavy atom. The molecule has 0 spiro atoms. The quantitative estimate of drug-likeness (QED) is 0.566. The van der Waals surface area contributed by atoms with Crippen molar-refractivity contribution in [1.82, 2.24) is 19.9 Å². The largest absolute Gasteiger partial charge is 0.467 e. The number of rotatable bonds is 6. The molecule has 3 heterocycles. The van der Waals surface area contributed by atoms with E-state index in [2.05, 4.69) is 20.6 Å². The third-order valence-corrected chi connectivity index (χ3v) is 4.11. The summed E-state index contributed by atoms with van der Waals surface area (Å²) in [4.78, 5) is 19.0. The highest BCUT2D eigenvalue weighted by Crippen LogP contribution is 2.30. The van der Waals surface area contributed by atoms with Crippen LogP contribution in [0.25, 0.3) is 11.0 Å². The second-order valence-corrected chi connectivity index (χ2v) is 6.19. The van der Waals surface area contributed by atoms with E-state index in [-0.39, 0.29) is 22.9 Å². The summed E-state index contributed by atoms with van der Waals surface area (Å²) in [5.74, 6) is 0.387. The van der Waals surface area contributed by atoms with Gasteiger partial charge in [-0.15, -0.1) is 0 Å². The average Bonchev–Trinajstić information content (AvgIpc) is 3.15. The van der Waals surface area contributed by atoms with Crippen molar-refractivity contribution in [3.63, 3.8) is 0 Å². The van der Waals surface area contributed by atoms with Crippen LogP contribution in [0.3, 0.4) is 0 Å². The van der Waals surface area contributed by atoms with Gasteiger partial charge in [0.05, 0.1) is 23.9 Å². The predicted molar refractivity (Wildman–Crippen MR) is 93.8 cm³/mol. The lowest BCUT2D eigenvalue weighted by Crippen LogP contribution is -2.33. The Labute approximate surface area is 153 Å². The van der Waals surface area contributed by atoms with E-state index in [0.29, 0.717) is 23.6 Å². The highest BCUT2D eigenvalue weighted by atomic mass is 35.5. The normalized spacial score (nSPS) is 12.3. The van der Waals surface area contributed by atoms with Crippen molar-refractivity contribution in [2.45, 2.75) is 25.9 Å². The first-order chi connectivity index (χ1) is 12.4. The molecule has 0 bridgehead atoms.